The van der Waals surface area contributed by atoms with Crippen LogP contribution < -0.4 is 10.1 Å². The summed E-state index contributed by atoms with van der Waals surface area (Å²) in [5.74, 6) is -0.142. The topological polar surface area (TPSA) is 58.6 Å². The zero-order chi connectivity index (χ0) is 14.5. The van der Waals surface area contributed by atoms with Gasteiger partial charge in [-0.15, -0.1) is 11.3 Å². The third-order valence-corrected chi connectivity index (χ3v) is 4.26. The van der Waals surface area contributed by atoms with Crippen LogP contribution >= 0.6 is 11.3 Å². The number of carbonyl (C=O) groups is 1. The predicted molar refractivity (Wildman–Crippen MR) is 80.7 cm³/mol. The smallest absolute Gasteiger partial charge is 0.331 e. The van der Waals surface area contributed by atoms with Gasteiger partial charge in [0.05, 0.1) is 7.11 Å². The zero-order valence-corrected chi connectivity index (χ0v) is 12.2. The van der Waals surface area contributed by atoms with Crippen LogP contribution in [0, 0.1) is 0 Å². The second-order valence-corrected chi connectivity index (χ2v) is 5.50. The van der Waals surface area contributed by atoms with Crippen molar-refractivity contribution in [2.24, 2.45) is 0 Å². The summed E-state index contributed by atoms with van der Waals surface area (Å²) >= 11 is 1.53. The first-order valence-electron chi connectivity index (χ1n) is 6.36. The molecule has 0 fully saturated rings. The molecule has 0 saturated carbocycles. The van der Waals surface area contributed by atoms with Gasteiger partial charge in [-0.2, -0.15) is 0 Å². The number of anilines is 1. The lowest BCUT2D eigenvalue weighted by Gasteiger charge is -2.14. The van der Waals surface area contributed by atoms with Crippen molar-refractivity contribution in [3.8, 4) is 5.75 Å². The van der Waals surface area contributed by atoms with Gasteiger partial charge in [0.2, 0.25) is 0 Å². The van der Waals surface area contributed by atoms with Crippen LogP contribution in [0.25, 0.3) is 0 Å². The summed E-state index contributed by atoms with van der Waals surface area (Å²) in [6, 6.07) is 10.3. The summed E-state index contributed by atoms with van der Waals surface area (Å²) in [6.07, 6.45) is 0.916. The summed E-state index contributed by atoms with van der Waals surface area (Å²) in [7, 11) is 1.60. The van der Waals surface area contributed by atoms with Crippen LogP contribution in [0.3, 0.4) is 0 Å². The van der Waals surface area contributed by atoms with Crippen LogP contribution in [-0.2, 0) is 11.2 Å². The Bertz CT molecular complexity index is 577. The third kappa shape index (κ3) is 3.30. The van der Waals surface area contributed by atoms with Crippen molar-refractivity contribution in [3.05, 3.63) is 46.2 Å². The van der Waals surface area contributed by atoms with E-state index in [1.807, 2.05) is 24.3 Å². The van der Waals surface area contributed by atoms with E-state index >= 15 is 0 Å². The van der Waals surface area contributed by atoms with E-state index in [1.165, 1.54) is 16.2 Å². The Morgan fingerprint density at radius 1 is 1.30 bits per heavy atom. The average molecular weight is 291 g/mol. The Labute approximate surface area is 122 Å². The average Bonchev–Trinajstić information content (AvgIpc) is 2.93. The molecule has 1 atom stereocenters. The number of carboxylic acid groups (broad SMARTS) is 1. The third-order valence-electron chi connectivity index (χ3n) is 2.96. The maximum atomic E-state index is 11.4. The lowest BCUT2D eigenvalue weighted by molar-refractivity contribution is -0.138. The van der Waals surface area contributed by atoms with Gasteiger partial charge in [-0.1, -0.05) is 6.92 Å². The first-order valence-corrected chi connectivity index (χ1v) is 7.17. The highest BCUT2D eigenvalue weighted by Crippen LogP contribution is 2.27. The Balaban J connectivity index is 2.18. The highest BCUT2D eigenvalue weighted by Gasteiger charge is 2.21. The first kappa shape index (κ1) is 14.4. The monoisotopic (exact) mass is 291 g/mol. The highest BCUT2D eigenvalue weighted by molar-refractivity contribution is 7.12. The Hall–Kier alpha value is -2.01. The number of aliphatic carboxylic acids is 1. The van der Waals surface area contributed by atoms with E-state index in [2.05, 4.69) is 12.2 Å². The van der Waals surface area contributed by atoms with Gasteiger partial charge < -0.3 is 15.2 Å². The van der Waals surface area contributed by atoms with Gasteiger partial charge in [-0.25, -0.2) is 4.79 Å². The lowest BCUT2D eigenvalue weighted by Crippen LogP contribution is -2.19. The number of rotatable bonds is 6. The minimum Gasteiger partial charge on any atom is -0.497 e. The molecule has 0 amide bonds. The summed E-state index contributed by atoms with van der Waals surface area (Å²) in [6.45, 7) is 2.06. The number of thiophene rings is 1. The van der Waals surface area contributed by atoms with Crippen LogP contribution in [-0.4, -0.2) is 18.2 Å². The Kier molecular flexibility index (Phi) is 4.63. The molecule has 1 unspecified atom stereocenters. The van der Waals surface area contributed by atoms with Crippen LogP contribution in [0.15, 0.2) is 36.4 Å². The first-order chi connectivity index (χ1) is 9.63. The maximum absolute atomic E-state index is 11.4. The Morgan fingerprint density at radius 3 is 2.50 bits per heavy atom. The number of ether oxygens (including phenoxy) is 1. The molecular weight excluding hydrogens is 274 g/mol. The second kappa shape index (κ2) is 6.43. The summed E-state index contributed by atoms with van der Waals surface area (Å²) in [5.41, 5.74) is 0.754. The predicted octanol–water partition coefficient (Wildman–Crippen LogP) is 3.56. The van der Waals surface area contributed by atoms with E-state index in [0.717, 1.165) is 22.7 Å². The summed E-state index contributed by atoms with van der Waals surface area (Å²) in [5, 5.41) is 12.4. The van der Waals surface area contributed by atoms with Gasteiger partial charge in [-0.05, 0) is 42.8 Å². The van der Waals surface area contributed by atoms with E-state index in [-0.39, 0.29) is 0 Å². The molecule has 0 radical (unpaired) electrons. The van der Waals surface area contributed by atoms with Crippen molar-refractivity contribution in [1.82, 2.24) is 0 Å². The van der Waals surface area contributed by atoms with Gasteiger partial charge in [0.25, 0.3) is 0 Å². The number of carboxylic acids is 1. The highest BCUT2D eigenvalue weighted by atomic mass is 32.1. The largest absolute Gasteiger partial charge is 0.497 e. The minimum atomic E-state index is -0.884. The van der Waals surface area contributed by atoms with Gasteiger partial charge in [0, 0.05) is 15.4 Å². The molecule has 106 valence electrons. The lowest BCUT2D eigenvalue weighted by atomic mass is 10.2. The Morgan fingerprint density at radius 2 is 2.00 bits per heavy atom. The summed E-state index contributed by atoms with van der Waals surface area (Å²) in [4.78, 5) is 13.4. The van der Waals surface area contributed by atoms with E-state index in [1.54, 1.807) is 19.2 Å². The molecule has 0 aliphatic rings. The molecule has 0 aliphatic heterocycles. The molecule has 20 heavy (non-hydrogen) atoms. The van der Waals surface area contributed by atoms with Crippen LogP contribution in [0.4, 0.5) is 5.69 Å². The quantitative estimate of drug-likeness (QED) is 0.854. The molecule has 0 saturated heterocycles. The maximum Gasteiger partial charge on any atom is 0.331 e. The van der Waals surface area contributed by atoms with Crippen molar-refractivity contribution in [2.75, 3.05) is 12.4 Å². The van der Waals surface area contributed by atoms with Crippen LogP contribution in [0.1, 0.15) is 22.7 Å². The number of nitrogens with one attached hydrogen (secondary N) is 1. The van der Waals surface area contributed by atoms with Gasteiger partial charge in [0.1, 0.15) is 5.75 Å². The molecular formula is C15H17NO3S. The molecule has 4 nitrogen and oxygen atoms in total. The molecule has 1 aromatic carbocycles. The van der Waals surface area contributed by atoms with E-state index < -0.39 is 12.0 Å². The molecule has 1 aromatic heterocycles. The van der Waals surface area contributed by atoms with Crippen molar-refractivity contribution >= 4 is 23.0 Å². The van der Waals surface area contributed by atoms with Crippen molar-refractivity contribution in [2.45, 2.75) is 19.4 Å². The SMILES string of the molecule is CCc1ccc(C(Nc2ccc(OC)cc2)C(=O)O)s1. The molecule has 2 aromatic rings. The molecule has 0 bridgehead atoms. The second-order valence-electron chi connectivity index (χ2n) is 4.30. The van der Waals surface area contributed by atoms with Crippen LogP contribution in [0.2, 0.25) is 0 Å². The minimum absolute atomic E-state index is 0.728. The van der Waals surface area contributed by atoms with Crippen LogP contribution in [0.5, 0.6) is 5.75 Å². The molecule has 2 N–H and O–H groups in total. The fourth-order valence-electron chi connectivity index (χ4n) is 1.85. The molecule has 0 spiro atoms. The van der Waals surface area contributed by atoms with E-state index in [0.29, 0.717) is 0 Å². The summed E-state index contributed by atoms with van der Waals surface area (Å²) < 4.78 is 5.08. The number of aryl methyl sites for hydroxylation is 1. The zero-order valence-electron chi connectivity index (χ0n) is 11.4. The fraction of sp³-hybridized carbons (Fsp3) is 0.267. The van der Waals surface area contributed by atoms with E-state index in [4.69, 9.17) is 4.74 Å². The molecule has 2 rings (SSSR count). The number of methoxy groups -OCH3 is 1. The standard InChI is InChI=1S/C15H17NO3S/c1-3-12-8-9-13(20-12)14(15(17)18)16-10-4-6-11(19-2)7-5-10/h4-9,14,16H,3H2,1-2H3,(H,17,18). The van der Waals surface area contributed by atoms with Gasteiger partial charge >= 0.3 is 5.97 Å². The molecule has 0 aliphatic carbocycles. The number of benzene rings is 1. The fourth-order valence-corrected chi connectivity index (χ4v) is 2.84. The van der Waals surface area contributed by atoms with Gasteiger partial charge in [-0.3, -0.25) is 0 Å². The number of hydrogen-bond donors (Lipinski definition) is 2. The molecule has 5 heteroatoms. The van der Waals surface area contributed by atoms with E-state index in [9.17, 15) is 9.90 Å². The van der Waals surface area contributed by atoms with Crippen molar-refractivity contribution in [1.29, 1.82) is 0 Å². The molecule has 1 heterocycles. The number of hydrogen-bond acceptors (Lipinski definition) is 4. The van der Waals surface area contributed by atoms with Crippen molar-refractivity contribution in [3.63, 3.8) is 0 Å². The van der Waals surface area contributed by atoms with Crippen molar-refractivity contribution < 1.29 is 14.6 Å². The normalized spacial score (nSPS) is 11.9. The van der Waals surface area contributed by atoms with Gasteiger partial charge in [0.15, 0.2) is 6.04 Å².